The van der Waals surface area contributed by atoms with Crippen molar-refractivity contribution >= 4 is 11.8 Å². The second-order valence-corrected chi connectivity index (χ2v) is 4.45. The normalized spacial score (nSPS) is 26.5. The summed E-state index contributed by atoms with van der Waals surface area (Å²) in [6, 6.07) is 0. The van der Waals surface area contributed by atoms with Crippen LogP contribution in [0.15, 0.2) is 0 Å². The molecule has 6 nitrogen and oxygen atoms in total. The number of hydrogen-bond donors (Lipinski definition) is 1. The third-order valence-electron chi connectivity index (χ3n) is 3.16. The first kappa shape index (κ1) is 12.5. The summed E-state index contributed by atoms with van der Waals surface area (Å²) in [7, 11) is 0. The first-order valence-electron chi connectivity index (χ1n) is 5.98. The predicted molar refractivity (Wildman–Crippen MR) is 59.2 cm³/mol. The van der Waals surface area contributed by atoms with Crippen LogP contribution in [-0.4, -0.2) is 72.2 Å². The molecule has 0 aromatic heterocycles. The maximum absolute atomic E-state index is 11.9. The van der Waals surface area contributed by atoms with E-state index in [1.807, 2.05) is 4.90 Å². The molecule has 2 aliphatic heterocycles. The number of hydrogen-bond acceptors (Lipinski definition) is 5. The van der Waals surface area contributed by atoms with E-state index in [0.29, 0.717) is 32.7 Å². The summed E-state index contributed by atoms with van der Waals surface area (Å²) in [5, 5.41) is 9.00. The summed E-state index contributed by atoms with van der Waals surface area (Å²) >= 11 is 0. The van der Waals surface area contributed by atoms with E-state index in [4.69, 9.17) is 9.84 Å². The summed E-state index contributed by atoms with van der Waals surface area (Å²) in [4.78, 5) is 26.5. The van der Waals surface area contributed by atoms with Crippen LogP contribution >= 0.6 is 0 Å². The fourth-order valence-corrected chi connectivity index (χ4v) is 2.22. The van der Waals surface area contributed by atoms with Crippen LogP contribution in [-0.2, 0) is 14.3 Å². The van der Waals surface area contributed by atoms with Crippen LogP contribution in [0.5, 0.6) is 0 Å². The molecule has 1 unspecified atom stereocenters. The van der Waals surface area contributed by atoms with Gasteiger partial charge in [-0.1, -0.05) is 0 Å². The Balaban J connectivity index is 1.83. The number of amides is 2. The second kappa shape index (κ2) is 5.57. The molecular formula is C11H18N2O4. The lowest BCUT2D eigenvalue weighted by Crippen LogP contribution is -2.49. The molecule has 0 saturated carbocycles. The van der Waals surface area contributed by atoms with E-state index in [1.165, 1.54) is 4.90 Å². The number of imide groups is 1. The molecule has 2 fully saturated rings. The minimum atomic E-state index is -0.217. The number of nitrogens with zero attached hydrogens (tertiary/aromatic N) is 2. The van der Waals surface area contributed by atoms with Crippen molar-refractivity contribution in [3.05, 3.63) is 0 Å². The number of aliphatic hydroxyl groups is 1. The van der Waals surface area contributed by atoms with Crippen molar-refractivity contribution in [2.75, 3.05) is 39.4 Å². The lowest BCUT2D eigenvalue weighted by atomic mass is 10.3. The SMILES string of the molecule is O=C1CCCN1C(=O)CN1CCOC(CO)C1. The summed E-state index contributed by atoms with van der Waals surface area (Å²) in [5.41, 5.74) is 0. The van der Waals surface area contributed by atoms with Crippen LogP contribution in [0.4, 0.5) is 0 Å². The van der Waals surface area contributed by atoms with Crippen molar-refractivity contribution in [2.24, 2.45) is 0 Å². The van der Waals surface area contributed by atoms with Crippen molar-refractivity contribution in [1.82, 2.24) is 9.80 Å². The van der Waals surface area contributed by atoms with Gasteiger partial charge in [0.15, 0.2) is 0 Å². The standard InChI is InChI=1S/C11H18N2O4/c14-8-9-6-12(4-5-17-9)7-11(16)13-3-1-2-10(13)15/h9,14H,1-8H2. The van der Waals surface area contributed by atoms with Crippen LogP contribution < -0.4 is 0 Å². The fraction of sp³-hybridized carbons (Fsp3) is 0.818. The molecular weight excluding hydrogens is 224 g/mol. The summed E-state index contributed by atoms with van der Waals surface area (Å²) < 4.78 is 5.30. The second-order valence-electron chi connectivity index (χ2n) is 4.45. The van der Waals surface area contributed by atoms with Gasteiger partial charge in [0.25, 0.3) is 0 Å². The highest BCUT2D eigenvalue weighted by Gasteiger charge is 2.29. The number of ether oxygens (including phenoxy) is 1. The summed E-state index contributed by atoms with van der Waals surface area (Å²) in [5.74, 6) is -0.201. The monoisotopic (exact) mass is 242 g/mol. The van der Waals surface area contributed by atoms with E-state index < -0.39 is 0 Å². The molecule has 6 heteroatoms. The predicted octanol–water partition coefficient (Wildman–Crippen LogP) is -1.17. The molecule has 17 heavy (non-hydrogen) atoms. The molecule has 0 spiro atoms. The van der Waals surface area contributed by atoms with Crippen LogP contribution in [0.25, 0.3) is 0 Å². The van der Waals surface area contributed by atoms with Crippen molar-refractivity contribution in [3.8, 4) is 0 Å². The smallest absolute Gasteiger partial charge is 0.243 e. The fourth-order valence-electron chi connectivity index (χ4n) is 2.22. The number of likely N-dealkylation sites (tertiary alicyclic amines) is 1. The molecule has 2 saturated heterocycles. The quantitative estimate of drug-likeness (QED) is 0.675. The van der Waals surface area contributed by atoms with E-state index in [9.17, 15) is 9.59 Å². The molecule has 2 rings (SSSR count). The zero-order valence-electron chi connectivity index (χ0n) is 9.80. The summed E-state index contributed by atoms with van der Waals surface area (Å²) in [6.45, 7) is 2.49. The van der Waals surface area contributed by atoms with Crippen LogP contribution in [0.3, 0.4) is 0 Å². The average Bonchev–Trinajstić information content (AvgIpc) is 2.76. The highest BCUT2D eigenvalue weighted by atomic mass is 16.5. The summed E-state index contributed by atoms with van der Waals surface area (Å²) in [6.07, 6.45) is 1.03. The van der Waals surface area contributed by atoms with Gasteiger partial charge >= 0.3 is 0 Å². The van der Waals surface area contributed by atoms with E-state index in [2.05, 4.69) is 0 Å². The number of morpholine rings is 1. The Hall–Kier alpha value is -0.980. The van der Waals surface area contributed by atoms with Gasteiger partial charge in [0.2, 0.25) is 11.8 Å². The Labute approximate surface area is 100 Å². The van der Waals surface area contributed by atoms with Crippen molar-refractivity contribution < 1.29 is 19.4 Å². The van der Waals surface area contributed by atoms with Gasteiger partial charge in [-0.25, -0.2) is 0 Å². The van der Waals surface area contributed by atoms with Crippen LogP contribution in [0, 0.1) is 0 Å². The first-order chi connectivity index (χ1) is 8.20. The van der Waals surface area contributed by atoms with Gasteiger partial charge in [-0.05, 0) is 6.42 Å². The van der Waals surface area contributed by atoms with Gasteiger partial charge in [0.1, 0.15) is 0 Å². The van der Waals surface area contributed by atoms with Gasteiger partial charge < -0.3 is 9.84 Å². The lowest BCUT2D eigenvalue weighted by molar-refractivity contribution is -0.143. The van der Waals surface area contributed by atoms with Gasteiger partial charge in [0.05, 0.1) is 25.9 Å². The van der Waals surface area contributed by atoms with Gasteiger partial charge in [-0.3, -0.25) is 19.4 Å². The molecule has 0 aromatic rings. The number of carbonyl (C=O) groups excluding carboxylic acids is 2. The zero-order chi connectivity index (χ0) is 12.3. The van der Waals surface area contributed by atoms with E-state index in [0.717, 1.165) is 6.42 Å². The van der Waals surface area contributed by atoms with Crippen molar-refractivity contribution in [1.29, 1.82) is 0 Å². The third kappa shape index (κ3) is 3.02. The van der Waals surface area contributed by atoms with Gasteiger partial charge in [-0.15, -0.1) is 0 Å². The Morgan fingerprint density at radius 2 is 2.29 bits per heavy atom. The Bertz CT molecular complexity index is 308. The lowest BCUT2D eigenvalue weighted by Gasteiger charge is -2.32. The third-order valence-corrected chi connectivity index (χ3v) is 3.16. The molecule has 0 aliphatic carbocycles. The van der Waals surface area contributed by atoms with Crippen LogP contribution in [0.1, 0.15) is 12.8 Å². The molecule has 2 aliphatic rings. The molecule has 2 amide bonds. The largest absolute Gasteiger partial charge is 0.394 e. The molecule has 1 atom stereocenters. The Morgan fingerprint density at radius 1 is 1.47 bits per heavy atom. The van der Waals surface area contributed by atoms with E-state index >= 15 is 0 Å². The highest BCUT2D eigenvalue weighted by molar-refractivity contribution is 5.97. The van der Waals surface area contributed by atoms with Crippen molar-refractivity contribution in [2.45, 2.75) is 18.9 Å². The molecule has 0 aromatic carbocycles. The van der Waals surface area contributed by atoms with Crippen molar-refractivity contribution in [3.63, 3.8) is 0 Å². The number of aliphatic hydroxyl groups excluding tert-OH is 1. The maximum atomic E-state index is 11.9. The molecule has 96 valence electrons. The molecule has 1 N–H and O–H groups in total. The topological polar surface area (TPSA) is 70.1 Å². The maximum Gasteiger partial charge on any atom is 0.243 e. The Kier molecular flexibility index (Phi) is 4.09. The molecule has 2 heterocycles. The van der Waals surface area contributed by atoms with Gasteiger partial charge in [0, 0.05) is 26.1 Å². The zero-order valence-corrected chi connectivity index (χ0v) is 9.80. The number of rotatable bonds is 3. The Morgan fingerprint density at radius 3 is 2.94 bits per heavy atom. The molecule has 0 bridgehead atoms. The highest BCUT2D eigenvalue weighted by Crippen LogP contribution is 2.11. The van der Waals surface area contributed by atoms with Crippen LogP contribution in [0.2, 0.25) is 0 Å². The number of carbonyl (C=O) groups is 2. The minimum absolute atomic E-state index is 0.0344. The van der Waals surface area contributed by atoms with E-state index in [-0.39, 0.29) is 31.1 Å². The molecule has 0 radical (unpaired) electrons. The average molecular weight is 242 g/mol. The minimum Gasteiger partial charge on any atom is -0.394 e. The van der Waals surface area contributed by atoms with Gasteiger partial charge in [-0.2, -0.15) is 0 Å². The first-order valence-corrected chi connectivity index (χ1v) is 5.98. The van der Waals surface area contributed by atoms with E-state index in [1.54, 1.807) is 0 Å².